The summed E-state index contributed by atoms with van der Waals surface area (Å²) in [6.45, 7) is 1.65. The van der Waals surface area contributed by atoms with Gasteiger partial charge in [0.15, 0.2) is 18.1 Å². The summed E-state index contributed by atoms with van der Waals surface area (Å²) in [5.41, 5.74) is 0.681. The minimum absolute atomic E-state index is 0.0521. The van der Waals surface area contributed by atoms with Crippen LogP contribution in [0.15, 0.2) is 66.2 Å². The Morgan fingerprint density at radius 3 is 2.44 bits per heavy atom. The standard InChI is InChI=1S/C27H21FIN3O7/c1-2-38-22-13-15(12-21(29)24(22)39-14-23(34)30-17-5-3-16(28)4-6-17)11-20-25(35)31-27(37)32(26(20)36)18-7-9-19(33)10-8-18/h3-13,33H,2,14H2,1H3,(H,30,34)(H,31,35,37)/b20-11-. The first kappa shape index (κ1) is 27.6. The Morgan fingerprint density at radius 1 is 1.08 bits per heavy atom. The zero-order valence-electron chi connectivity index (χ0n) is 20.4. The molecule has 1 aliphatic rings. The molecule has 10 nitrogen and oxygen atoms in total. The third-order valence-electron chi connectivity index (χ3n) is 5.33. The number of urea groups is 1. The summed E-state index contributed by atoms with van der Waals surface area (Å²) < 4.78 is 25.0. The summed E-state index contributed by atoms with van der Waals surface area (Å²) in [6, 6.07) is 12.9. The maximum absolute atomic E-state index is 13.1. The van der Waals surface area contributed by atoms with E-state index < -0.39 is 29.6 Å². The molecule has 5 amide bonds. The molecular formula is C27H21FIN3O7. The predicted octanol–water partition coefficient (Wildman–Crippen LogP) is 4.22. The molecule has 0 atom stereocenters. The number of phenolic OH excluding ortho intramolecular Hbond substituents is 1. The fourth-order valence-electron chi connectivity index (χ4n) is 3.60. The smallest absolute Gasteiger partial charge is 0.335 e. The number of nitrogens with zero attached hydrogens (tertiary/aromatic N) is 1. The number of ether oxygens (including phenoxy) is 2. The number of carbonyl (C=O) groups is 4. The van der Waals surface area contributed by atoms with Gasteiger partial charge >= 0.3 is 6.03 Å². The van der Waals surface area contributed by atoms with Crippen LogP contribution in [0, 0.1) is 9.39 Å². The van der Waals surface area contributed by atoms with Gasteiger partial charge in [-0.2, -0.15) is 0 Å². The van der Waals surface area contributed by atoms with Crippen LogP contribution in [-0.4, -0.2) is 42.1 Å². The third kappa shape index (κ3) is 6.52. The van der Waals surface area contributed by atoms with Crippen molar-refractivity contribution in [3.05, 3.63) is 81.2 Å². The molecule has 1 saturated heterocycles. The van der Waals surface area contributed by atoms with Crippen molar-refractivity contribution in [2.24, 2.45) is 0 Å². The van der Waals surface area contributed by atoms with Gasteiger partial charge in [-0.15, -0.1) is 0 Å². The minimum Gasteiger partial charge on any atom is -0.508 e. The van der Waals surface area contributed by atoms with Crippen LogP contribution in [0.1, 0.15) is 12.5 Å². The van der Waals surface area contributed by atoms with Crippen LogP contribution in [0.3, 0.4) is 0 Å². The lowest BCUT2D eigenvalue weighted by molar-refractivity contribution is -0.122. The molecule has 1 aliphatic heterocycles. The summed E-state index contributed by atoms with van der Waals surface area (Å²) in [7, 11) is 0. The number of halogens is 2. The Morgan fingerprint density at radius 2 is 1.77 bits per heavy atom. The van der Waals surface area contributed by atoms with E-state index in [1.807, 2.05) is 22.6 Å². The monoisotopic (exact) mass is 645 g/mol. The van der Waals surface area contributed by atoms with E-state index in [1.165, 1.54) is 60.7 Å². The molecule has 1 fully saturated rings. The maximum Gasteiger partial charge on any atom is 0.335 e. The summed E-state index contributed by atoms with van der Waals surface area (Å²) >= 11 is 1.97. The van der Waals surface area contributed by atoms with E-state index in [4.69, 9.17) is 9.47 Å². The molecule has 3 aromatic carbocycles. The van der Waals surface area contributed by atoms with Gasteiger partial charge in [0.1, 0.15) is 17.1 Å². The van der Waals surface area contributed by atoms with E-state index >= 15 is 0 Å². The second kappa shape index (κ2) is 11.9. The van der Waals surface area contributed by atoms with Crippen molar-refractivity contribution in [3.63, 3.8) is 0 Å². The first-order valence-corrected chi connectivity index (χ1v) is 12.6. The Labute approximate surface area is 235 Å². The molecule has 0 saturated carbocycles. The molecule has 0 spiro atoms. The van der Waals surface area contributed by atoms with Crippen LogP contribution < -0.4 is 25.0 Å². The molecule has 0 radical (unpaired) electrons. The molecule has 12 heteroatoms. The van der Waals surface area contributed by atoms with Crippen LogP contribution in [0.4, 0.5) is 20.6 Å². The number of barbiturate groups is 1. The quantitative estimate of drug-likeness (QED) is 0.190. The van der Waals surface area contributed by atoms with E-state index in [0.29, 0.717) is 14.8 Å². The highest BCUT2D eigenvalue weighted by atomic mass is 127. The largest absolute Gasteiger partial charge is 0.508 e. The van der Waals surface area contributed by atoms with Gasteiger partial charge < -0.3 is 19.9 Å². The molecule has 1 heterocycles. The van der Waals surface area contributed by atoms with Crippen LogP contribution in [-0.2, 0) is 14.4 Å². The number of phenols is 1. The average molecular weight is 645 g/mol. The van der Waals surface area contributed by atoms with E-state index in [-0.39, 0.29) is 41.7 Å². The van der Waals surface area contributed by atoms with Crippen molar-refractivity contribution < 1.29 is 38.1 Å². The lowest BCUT2D eigenvalue weighted by Crippen LogP contribution is -2.54. The van der Waals surface area contributed by atoms with Crippen LogP contribution in [0.2, 0.25) is 0 Å². The first-order valence-electron chi connectivity index (χ1n) is 11.5. The van der Waals surface area contributed by atoms with Gasteiger partial charge in [-0.3, -0.25) is 19.7 Å². The number of benzene rings is 3. The molecule has 39 heavy (non-hydrogen) atoms. The van der Waals surface area contributed by atoms with Crippen molar-refractivity contribution in [2.45, 2.75) is 6.92 Å². The molecule has 3 N–H and O–H groups in total. The van der Waals surface area contributed by atoms with Crippen molar-refractivity contribution in [1.29, 1.82) is 0 Å². The fourth-order valence-corrected chi connectivity index (χ4v) is 4.38. The fraction of sp³-hybridized carbons (Fsp3) is 0.111. The van der Waals surface area contributed by atoms with E-state index in [0.717, 1.165) is 4.90 Å². The highest BCUT2D eigenvalue weighted by Crippen LogP contribution is 2.35. The van der Waals surface area contributed by atoms with Crippen molar-refractivity contribution >= 4 is 63.8 Å². The number of hydrogen-bond donors (Lipinski definition) is 3. The number of aromatic hydroxyl groups is 1. The van der Waals surface area contributed by atoms with Crippen LogP contribution >= 0.6 is 22.6 Å². The summed E-state index contributed by atoms with van der Waals surface area (Å²) in [4.78, 5) is 51.2. The first-order chi connectivity index (χ1) is 18.7. The Balaban J connectivity index is 1.57. The van der Waals surface area contributed by atoms with Crippen LogP contribution in [0.5, 0.6) is 17.2 Å². The molecule has 0 bridgehead atoms. The summed E-state index contributed by atoms with van der Waals surface area (Å²) in [5.74, 6) is -2.14. The maximum atomic E-state index is 13.1. The minimum atomic E-state index is -0.917. The second-order valence-corrected chi connectivity index (χ2v) is 9.24. The molecular weight excluding hydrogens is 624 g/mol. The molecule has 0 unspecified atom stereocenters. The summed E-state index contributed by atoms with van der Waals surface area (Å²) in [6.07, 6.45) is 1.31. The SMILES string of the molecule is CCOc1cc(/C=C2/C(=O)NC(=O)N(c3ccc(O)cc3)C2=O)cc(I)c1OCC(=O)Nc1ccc(F)cc1. The van der Waals surface area contributed by atoms with Gasteiger partial charge in [0.05, 0.1) is 15.9 Å². The molecule has 3 aromatic rings. The number of hydrogen-bond acceptors (Lipinski definition) is 7. The average Bonchev–Trinajstić information content (AvgIpc) is 2.88. The van der Waals surface area contributed by atoms with Crippen molar-refractivity contribution in [1.82, 2.24) is 5.32 Å². The highest BCUT2D eigenvalue weighted by Gasteiger charge is 2.37. The van der Waals surface area contributed by atoms with Gasteiger partial charge in [-0.25, -0.2) is 14.1 Å². The normalized spacial score (nSPS) is 14.3. The van der Waals surface area contributed by atoms with Gasteiger partial charge in [0.25, 0.3) is 17.7 Å². The number of carbonyl (C=O) groups excluding carboxylic acids is 4. The molecule has 0 aliphatic carbocycles. The zero-order chi connectivity index (χ0) is 28.1. The highest BCUT2D eigenvalue weighted by molar-refractivity contribution is 14.1. The van der Waals surface area contributed by atoms with Gasteiger partial charge in [0, 0.05) is 5.69 Å². The van der Waals surface area contributed by atoms with E-state index in [9.17, 15) is 28.7 Å². The summed E-state index contributed by atoms with van der Waals surface area (Å²) in [5, 5.41) is 14.2. The predicted molar refractivity (Wildman–Crippen MR) is 148 cm³/mol. The molecule has 0 aromatic heterocycles. The van der Waals surface area contributed by atoms with Crippen molar-refractivity contribution in [2.75, 3.05) is 23.4 Å². The van der Waals surface area contributed by atoms with E-state index in [2.05, 4.69) is 10.6 Å². The van der Waals surface area contributed by atoms with Crippen LogP contribution in [0.25, 0.3) is 6.08 Å². The van der Waals surface area contributed by atoms with Crippen molar-refractivity contribution in [3.8, 4) is 17.2 Å². The van der Waals surface area contributed by atoms with Gasteiger partial charge in [-0.05, 0) is 102 Å². The number of anilines is 2. The number of amides is 5. The lowest BCUT2D eigenvalue weighted by atomic mass is 10.1. The van der Waals surface area contributed by atoms with E-state index in [1.54, 1.807) is 13.0 Å². The number of nitrogens with one attached hydrogen (secondary N) is 2. The second-order valence-electron chi connectivity index (χ2n) is 8.08. The zero-order valence-corrected chi connectivity index (χ0v) is 22.5. The van der Waals surface area contributed by atoms with Gasteiger partial charge in [-0.1, -0.05) is 0 Å². The number of rotatable bonds is 8. The Hall–Kier alpha value is -4.46. The Bertz CT molecular complexity index is 1470. The Kier molecular flexibility index (Phi) is 8.44. The topological polar surface area (TPSA) is 134 Å². The third-order valence-corrected chi connectivity index (χ3v) is 6.13. The number of imide groups is 2. The van der Waals surface area contributed by atoms with Gasteiger partial charge in [0.2, 0.25) is 0 Å². The molecule has 4 rings (SSSR count). The lowest BCUT2D eigenvalue weighted by Gasteiger charge is -2.26. The molecule has 200 valence electrons.